The molecule has 0 aliphatic carbocycles. The van der Waals surface area contributed by atoms with E-state index in [4.69, 9.17) is 20.9 Å². The van der Waals surface area contributed by atoms with Crippen LogP contribution in [0, 0.1) is 10.1 Å². The molecule has 10 heteroatoms. The van der Waals surface area contributed by atoms with Gasteiger partial charge in [0.25, 0.3) is 5.69 Å². The molecular formula is C19H17N2O6PS. The van der Waals surface area contributed by atoms with Crippen LogP contribution in [0.2, 0.25) is 0 Å². The number of non-ortho nitro benzene ring substituents is 1. The summed E-state index contributed by atoms with van der Waals surface area (Å²) >= 11 is 5.57. The fourth-order valence-electron chi connectivity index (χ4n) is 2.54. The van der Waals surface area contributed by atoms with Gasteiger partial charge in [-0.3, -0.25) is 14.9 Å². The highest BCUT2D eigenvalue weighted by Gasteiger charge is 2.29. The summed E-state index contributed by atoms with van der Waals surface area (Å²) in [7, 11) is 0. The lowest BCUT2D eigenvalue weighted by molar-refractivity contribution is -0.384. The van der Waals surface area contributed by atoms with Crippen molar-refractivity contribution in [2.45, 2.75) is 13.0 Å². The number of carboxylic acids is 1. The summed E-state index contributed by atoms with van der Waals surface area (Å²) in [5.74, 6) is -0.448. The lowest BCUT2D eigenvalue weighted by atomic mass is 10.1. The number of carbonyl (C=O) groups is 1. The average Bonchev–Trinajstić information content (AvgIpc) is 2.68. The molecule has 0 aromatic heterocycles. The zero-order valence-corrected chi connectivity index (χ0v) is 16.9. The molecule has 0 spiro atoms. The minimum atomic E-state index is -3.38. The van der Waals surface area contributed by atoms with E-state index in [0.717, 1.165) is 10.8 Å². The highest BCUT2D eigenvalue weighted by molar-refractivity contribution is 8.09. The Balaban J connectivity index is 1.95. The van der Waals surface area contributed by atoms with Crippen LogP contribution in [0.3, 0.4) is 0 Å². The largest absolute Gasteiger partial charge is 0.480 e. The Labute approximate surface area is 171 Å². The molecular weight excluding hydrogens is 415 g/mol. The number of hydrogen-bond acceptors (Lipinski definition) is 6. The van der Waals surface area contributed by atoms with Crippen LogP contribution in [-0.2, 0) is 16.6 Å². The van der Waals surface area contributed by atoms with Crippen molar-refractivity contribution < 1.29 is 23.9 Å². The van der Waals surface area contributed by atoms with Gasteiger partial charge >= 0.3 is 12.6 Å². The van der Waals surface area contributed by atoms with Crippen LogP contribution in [-0.4, -0.2) is 22.0 Å². The number of nitro groups is 1. The van der Waals surface area contributed by atoms with Gasteiger partial charge in [0.15, 0.2) is 0 Å². The van der Waals surface area contributed by atoms with E-state index in [9.17, 15) is 20.0 Å². The normalized spacial score (nSPS) is 14.0. The Morgan fingerprint density at radius 2 is 1.76 bits per heavy atom. The molecule has 0 aliphatic rings. The second kappa shape index (κ2) is 8.57. The minimum absolute atomic E-state index is 0.104. The monoisotopic (exact) mass is 432 g/mol. The summed E-state index contributed by atoms with van der Waals surface area (Å²) in [5, 5.41) is 24.6. The summed E-state index contributed by atoms with van der Waals surface area (Å²) in [6, 6.07) is 17.2. The molecule has 0 saturated heterocycles. The quantitative estimate of drug-likeness (QED) is 0.304. The predicted octanol–water partition coefficient (Wildman–Crippen LogP) is 4.49. The van der Waals surface area contributed by atoms with Crippen molar-refractivity contribution in [3.8, 4) is 11.5 Å². The van der Waals surface area contributed by atoms with Crippen LogP contribution in [0.25, 0.3) is 10.8 Å². The van der Waals surface area contributed by atoms with Crippen molar-refractivity contribution in [2.24, 2.45) is 0 Å². The van der Waals surface area contributed by atoms with Crippen molar-refractivity contribution in [3.63, 3.8) is 0 Å². The molecule has 2 unspecified atom stereocenters. The number of benzene rings is 3. The second-order valence-corrected chi connectivity index (χ2v) is 9.16. The Morgan fingerprint density at radius 3 is 2.41 bits per heavy atom. The van der Waals surface area contributed by atoms with Gasteiger partial charge in [0.2, 0.25) is 0 Å². The first-order chi connectivity index (χ1) is 13.8. The van der Waals surface area contributed by atoms with Gasteiger partial charge in [-0.05, 0) is 30.5 Å². The van der Waals surface area contributed by atoms with E-state index in [1.807, 2.05) is 30.3 Å². The van der Waals surface area contributed by atoms with Crippen LogP contribution in [0.1, 0.15) is 6.92 Å². The Morgan fingerprint density at radius 1 is 1.10 bits per heavy atom. The fraction of sp³-hybridized carbons (Fsp3) is 0.105. The molecule has 0 saturated carbocycles. The summed E-state index contributed by atoms with van der Waals surface area (Å²) in [6.07, 6.45) is 0. The zero-order valence-electron chi connectivity index (χ0n) is 15.2. The number of aliphatic carboxylic acids is 1. The first-order valence-electron chi connectivity index (χ1n) is 8.49. The zero-order chi connectivity index (χ0) is 21.0. The first-order valence-corrected chi connectivity index (χ1v) is 11.1. The molecule has 3 aromatic carbocycles. The summed E-state index contributed by atoms with van der Waals surface area (Å²) in [4.78, 5) is 21.6. The molecule has 8 nitrogen and oxygen atoms in total. The molecule has 0 aliphatic heterocycles. The number of fused-ring (bicyclic) bond motifs is 1. The van der Waals surface area contributed by atoms with Gasteiger partial charge in [0, 0.05) is 29.3 Å². The smallest absolute Gasteiger partial charge is 0.366 e. The summed E-state index contributed by atoms with van der Waals surface area (Å²) in [5.41, 5.74) is -0.104. The van der Waals surface area contributed by atoms with Crippen molar-refractivity contribution in [3.05, 3.63) is 76.8 Å². The summed E-state index contributed by atoms with van der Waals surface area (Å²) < 4.78 is 11.8. The van der Waals surface area contributed by atoms with Crippen LogP contribution in [0.4, 0.5) is 5.69 Å². The van der Waals surface area contributed by atoms with Crippen molar-refractivity contribution >= 4 is 40.9 Å². The number of rotatable bonds is 8. The maximum Gasteiger partial charge on any atom is 0.366 e. The highest BCUT2D eigenvalue weighted by Crippen LogP contribution is 2.47. The van der Waals surface area contributed by atoms with Gasteiger partial charge in [0.05, 0.1) is 4.92 Å². The number of nitro benzene ring substituents is 1. The van der Waals surface area contributed by atoms with Crippen LogP contribution < -0.4 is 14.1 Å². The third kappa shape index (κ3) is 5.08. The molecule has 0 radical (unpaired) electrons. The van der Waals surface area contributed by atoms with Gasteiger partial charge < -0.3 is 14.2 Å². The topological polar surface area (TPSA) is 111 Å². The molecule has 3 aromatic rings. The maximum atomic E-state index is 11.3. The molecule has 2 atom stereocenters. The van der Waals surface area contributed by atoms with Gasteiger partial charge in [-0.25, -0.2) is 5.09 Å². The predicted molar refractivity (Wildman–Crippen MR) is 113 cm³/mol. The van der Waals surface area contributed by atoms with Gasteiger partial charge in [-0.15, -0.1) is 0 Å². The van der Waals surface area contributed by atoms with Crippen LogP contribution in [0.5, 0.6) is 11.5 Å². The van der Waals surface area contributed by atoms with Crippen molar-refractivity contribution in [1.82, 2.24) is 5.09 Å². The molecule has 0 heterocycles. The van der Waals surface area contributed by atoms with E-state index >= 15 is 0 Å². The number of nitrogens with one attached hydrogen (secondary N) is 1. The highest BCUT2D eigenvalue weighted by atomic mass is 32.5. The first kappa shape index (κ1) is 20.7. The number of hydrogen-bond donors (Lipinski definition) is 2. The maximum absolute atomic E-state index is 11.3. The molecule has 3 rings (SSSR count). The standard InChI is InChI=1S/C19H17N2O6PS/c1-13(19(22)23)20-28(29,26-16-11-9-15(10-12-16)21(24)25)27-18-8-4-6-14-5-2-3-7-17(14)18/h2-13H,1H3,(H,20,29)(H,22,23). The third-order valence-corrected chi connectivity index (χ3v) is 6.32. The van der Waals surface area contributed by atoms with E-state index in [1.54, 1.807) is 12.1 Å². The van der Waals surface area contributed by atoms with Gasteiger partial charge in [-0.1, -0.05) is 36.4 Å². The fourth-order valence-corrected chi connectivity index (χ4v) is 5.05. The van der Waals surface area contributed by atoms with Gasteiger partial charge in [-0.2, -0.15) is 0 Å². The van der Waals surface area contributed by atoms with E-state index in [0.29, 0.717) is 5.75 Å². The Hall–Kier alpha value is -3.00. The third-order valence-electron chi connectivity index (χ3n) is 3.96. The van der Waals surface area contributed by atoms with Crippen LogP contribution in [0.15, 0.2) is 66.7 Å². The van der Waals surface area contributed by atoms with Crippen LogP contribution >= 0.6 is 6.64 Å². The summed E-state index contributed by atoms with van der Waals surface area (Å²) in [6.45, 7) is -1.96. The molecule has 2 N–H and O–H groups in total. The SMILES string of the molecule is CC(NP(=S)(Oc1ccc([N+](=O)[O-])cc1)Oc1cccc2ccccc12)C(=O)O. The van der Waals surface area contributed by atoms with E-state index in [-0.39, 0.29) is 11.4 Å². The molecule has 0 bridgehead atoms. The molecule has 150 valence electrons. The Bertz CT molecular complexity index is 1100. The number of carboxylic acid groups (broad SMARTS) is 1. The molecule has 0 fully saturated rings. The lowest BCUT2D eigenvalue weighted by Gasteiger charge is -2.26. The molecule has 29 heavy (non-hydrogen) atoms. The lowest BCUT2D eigenvalue weighted by Crippen LogP contribution is -2.34. The van der Waals surface area contributed by atoms with Gasteiger partial charge in [0.1, 0.15) is 17.5 Å². The number of nitrogens with zero attached hydrogens (tertiary/aromatic N) is 1. The van der Waals surface area contributed by atoms with E-state index < -0.39 is 23.6 Å². The minimum Gasteiger partial charge on any atom is -0.480 e. The van der Waals surface area contributed by atoms with E-state index in [2.05, 4.69) is 5.09 Å². The average molecular weight is 432 g/mol. The molecule has 0 amide bonds. The van der Waals surface area contributed by atoms with Crippen molar-refractivity contribution in [2.75, 3.05) is 0 Å². The second-order valence-electron chi connectivity index (χ2n) is 6.10. The Kier molecular flexibility index (Phi) is 6.12. The van der Waals surface area contributed by atoms with E-state index in [1.165, 1.54) is 31.2 Å². The van der Waals surface area contributed by atoms with Crippen molar-refractivity contribution in [1.29, 1.82) is 0 Å².